The fourth-order valence-corrected chi connectivity index (χ4v) is 1.73. The molecule has 0 saturated heterocycles. The first-order valence-corrected chi connectivity index (χ1v) is 5.28. The zero-order valence-corrected chi connectivity index (χ0v) is 9.08. The van der Waals surface area contributed by atoms with E-state index in [1.54, 1.807) is 6.33 Å². The van der Waals surface area contributed by atoms with Gasteiger partial charge in [-0.25, -0.2) is 4.98 Å². The van der Waals surface area contributed by atoms with Gasteiger partial charge in [0.05, 0.1) is 30.5 Å². The summed E-state index contributed by atoms with van der Waals surface area (Å²) in [7, 11) is 0. The van der Waals surface area contributed by atoms with Crippen LogP contribution in [0.5, 0.6) is 0 Å². The quantitative estimate of drug-likeness (QED) is 0.722. The van der Waals surface area contributed by atoms with E-state index < -0.39 is 0 Å². The SMILES string of the molecule is NCc1nc(Cn2cnc3ccccc32)no1. The highest BCUT2D eigenvalue weighted by Gasteiger charge is 2.07. The minimum atomic E-state index is 0.262. The highest BCUT2D eigenvalue weighted by Crippen LogP contribution is 2.12. The average molecular weight is 229 g/mol. The van der Waals surface area contributed by atoms with E-state index in [9.17, 15) is 0 Å². The molecule has 0 saturated carbocycles. The van der Waals surface area contributed by atoms with Crippen LogP contribution in [0.1, 0.15) is 11.7 Å². The molecule has 0 unspecified atom stereocenters. The van der Waals surface area contributed by atoms with Crippen LogP contribution in [-0.2, 0) is 13.1 Å². The lowest BCUT2D eigenvalue weighted by molar-refractivity contribution is 0.374. The predicted octanol–water partition coefficient (Wildman–Crippen LogP) is 0.926. The Labute approximate surface area is 97.1 Å². The van der Waals surface area contributed by atoms with Gasteiger partial charge in [-0.3, -0.25) is 0 Å². The third-order valence-corrected chi connectivity index (χ3v) is 2.52. The number of imidazole rings is 1. The Balaban J connectivity index is 1.94. The monoisotopic (exact) mass is 229 g/mol. The minimum Gasteiger partial charge on any atom is -0.338 e. The predicted molar refractivity (Wildman–Crippen MR) is 61.0 cm³/mol. The van der Waals surface area contributed by atoms with E-state index in [-0.39, 0.29) is 6.54 Å². The summed E-state index contributed by atoms with van der Waals surface area (Å²) in [6.07, 6.45) is 1.77. The summed E-state index contributed by atoms with van der Waals surface area (Å²) in [5.41, 5.74) is 7.41. The van der Waals surface area contributed by atoms with E-state index in [0.29, 0.717) is 18.3 Å². The highest BCUT2D eigenvalue weighted by molar-refractivity contribution is 5.74. The molecule has 0 aliphatic rings. The standard InChI is InChI=1S/C11H11N5O/c12-5-11-14-10(15-17-11)6-16-7-13-8-3-1-2-4-9(8)16/h1-4,7H,5-6,12H2. The molecule has 0 fully saturated rings. The molecule has 17 heavy (non-hydrogen) atoms. The van der Waals surface area contributed by atoms with Crippen molar-refractivity contribution in [2.45, 2.75) is 13.1 Å². The Morgan fingerprint density at radius 3 is 3.00 bits per heavy atom. The van der Waals surface area contributed by atoms with Gasteiger partial charge in [0.2, 0.25) is 5.89 Å². The summed E-state index contributed by atoms with van der Waals surface area (Å²) in [5, 5.41) is 3.85. The molecule has 2 N–H and O–H groups in total. The van der Waals surface area contributed by atoms with Crippen molar-refractivity contribution in [1.29, 1.82) is 0 Å². The molecule has 3 aromatic rings. The van der Waals surface area contributed by atoms with Crippen LogP contribution in [0.4, 0.5) is 0 Å². The summed E-state index contributed by atoms with van der Waals surface area (Å²) in [5.74, 6) is 1.05. The number of para-hydroxylation sites is 2. The second-order valence-corrected chi connectivity index (χ2v) is 3.67. The lowest BCUT2D eigenvalue weighted by Gasteiger charge is -1.98. The fraction of sp³-hybridized carbons (Fsp3) is 0.182. The highest BCUT2D eigenvalue weighted by atomic mass is 16.5. The van der Waals surface area contributed by atoms with E-state index in [4.69, 9.17) is 10.3 Å². The molecule has 2 heterocycles. The first-order valence-electron chi connectivity index (χ1n) is 5.28. The maximum Gasteiger partial charge on any atom is 0.240 e. The number of hydrogen-bond acceptors (Lipinski definition) is 5. The normalized spacial score (nSPS) is 11.1. The maximum atomic E-state index is 5.41. The van der Waals surface area contributed by atoms with Crippen molar-refractivity contribution in [2.75, 3.05) is 0 Å². The van der Waals surface area contributed by atoms with E-state index in [2.05, 4.69) is 15.1 Å². The van der Waals surface area contributed by atoms with E-state index in [1.807, 2.05) is 28.8 Å². The first-order chi connectivity index (χ1) is 8.36. The van der Waals surface area contributed by atoms with Gasteiger partial charge in [-0.1, -0.05) is 17.3 Å². The van der Waals surface area contributed by atoms with Crippen LogP contribution >= 0.6 is 0 Å². The van der Waals surface area contributed by atoms with Gasteiger partial charge < -0.3 is 14.8 Å². The molecule has 0 aliphatic carbocycles. The Kier molecular flexibility index (Phi) is 2.34. The second-order valence-electron chi connectivity index (χ2n) is 3.67. The Morgan fingerprint density at radius 1 is 1.29 bits per heavy atom. The summed E-state index contributed by atoms with van der Waals surface area (Å²) < 4.78 is 6.93. The molecule has 0 bridgehead atoms. The van der Waals surface area contributed by atoms with Crippen molar-refractivity contribution < 1.29 is 4.52 Å². The fourth-order valence-electron chi connectivity index (χ4n) is 1.73. The second kappa shape index (κ2) is 3.99. The molecule has 0 radical (unpaired) electrons. The third-order valence-electron chi connectivity index (χ3n) is 2.52. The van der Waals surface area contributed by atoms with Gasteiger partial charge in [-0.15, -0.1) is 0 Å². The Morgan fingerprint density at radius 2 is 2.18 bits per heavy atom. The molecule has 0 aliphatic heterocycles. The number of aromatic nitrogens is 4. The van der Waals surface area contributed by atoms with Crippen molar-refractivity contribution in [1.82, 2.24) is 19.7 Å². The summed E-state index contributed by atoms with van der Waals surface area (Å²) >= 11 is 0. The van der Waals surface area contributed by atoms with Crippen LogP contribution in [0.3, 0.4) is 0 Å². The van der Waals surface area contributed by atoms with Crippen LogP contribution in [0.2, 0.25) is 0 Å². The van der Waals surface area contributed by atoms with Crippen molar-refractivity contribution in [3.8, 4) is 0 Å². The summed E-state index contributed by atoms with van der Waals surface area (Å²) in [4.78, 5) is 8.45. The van der Waals surface area contributed by atoms with E-state index >= 15 is 0 Å². The van der Waals surface area contributed by atoms with Crippen molar-refractivity contribution in [3.05, 3.63) is 42.3 Å². The summed E-state index contributed by atoms with van der Waals surface area (Å²) in [6.45, 7) is 0.793. The molecule has 6 heteroatoms. The van der Waals surface area contributed by atoms with Crippen LogP contribution in [0, 0.1) is 0 Å². The molecule has 3 rings (SSSR count). The number of hydrogen-bond donors (Lipinski definition) is 1. The Bertz CT molecular complexity index is 642. The molecule has 6 nitrogen and oxygen atoms in total. The van der Waals surface area contributed by atoms with Crippen LogP contribution in [0.25, 0.3) is 11.0 Å². The maximum absolute atomic E-state index is 5.41. The topological polar surface area (TPSA) is 82.8 Å². The minimum absolute atomic E-state index is 0.262. The van der Waals surface area contributed by atoms with Gasteiger partial charge in [0, 0.05) is 0 Å². The zero-order chi connectivity index (χ0) is 11.7. The molecule has 2 aromatic heterocycles. The first kappa shape index (κ1) is 9.98. The van der Waals surface area contributed by atoms with Gasteiger partial charge in [0.25, 0.3) is 0 Å². The number of fused-ring (bicyclic) bond motifs is 1. The van der Waals surface area contributed by atoms with Crippen molar-refractivity contribution >= 4 is 11.0 Å². The molecule has 1 aromatic carbocycles. The smallest absolute Gasteiger partial charge is 0.240 e. The third kappa shape index (κ3) is 1.78. The van der Waals surface area contributed by atoms with Gasteiger partial charge in [0.15, 0.2) is 5.82 Å². The lowest BCUT2D eigenvalue weighted by atomic mass is 10.3. The van der Waals surface area contributed by atoms with Crippen LogP contribution < -0.4 is 5.73 Å². The number of rotatable bonds is 3. The van der Waals surface area contributed by atoms with E-state index in [1.165, 1.54) is 0 Å². The Hall–Kier alpha value is -2.21. The zero-order valence-electron chi connectivity index (χ0n) is 9.08. The largest absolute Gasteiger partial charge is 0.338 e. The van der Waals surface area contributed by atoms with Gasteiger partial charge in [0.1, 0.15) is 0 Å². The van der Waals surface area contributed by atoms with Gasteiger partial charge >= 0.3 is 0 Å². The molecule has 0 atom stereocenters. The number of nitrogens with two attached hydrogens (primary N) is 1. The lowest BCUT2D eigenvalue weighted by Crippen LogP contribution is -2.01. The van der Waals surface area contributed by atoms with Crippen molar-refractivity contribution in [2.24, 2.45) is 5.73 Å². The van der Waals surface area contributed by atoms with Gasteiger partial charge in [-0.2, -0.15) is 4.98 Å². The van der Waals surface area contributed by atoms with Gasteiger partial charge in [-0.05, 0) is 12.1 Å². The number of nitrogens with zero attached hydrogens (tertiary/aromatic N) is 4. The van der Waals surface area contributed by atoms with Crippen LogP contribution in [0.15, 0.2) is 35.1 Å². The molecule has 0 amide bonds. The van der Waals surface area contributed by atoms with Crippen LogP contribution in [-0.4, -0.2) is 19.7 Å². The van der Waals surface area contributed by atoms with Crippen molar-refractivity contribution in [3.63, 3.8) is 0 Å². The number of benzene rings is 1. The molecule has 0 spiro atoms. The summed E-state index contributed by atoms with van der Waals surface area (Å²) in [6, 6.07) is 7.90. The molecular weight excluding hydrogens is 218 g/mol. The molecule has 86 valence electrons. The van der Waals surface area contributed by atoms with E-state index in [0.717, 1.165) is 11.0 Å². The molecular formula is C11H11N5O. The average Bonchev–Trinajstić information content (AvgIpc) is 2.97.